The number of hydrogen-bond donors (Lipinski definition) is 4. The zero-order chi connectivity index (χ0) is 27.9. The van der Waals surface area contributed by atoms with E-state index >= 15 is 0 Å². The quantitative estimate of drug-likeness (QED) is 0.160. The Morgan fingerprint density at radius 2 is 1.68 bits per heavy atom. The molecule has 38 heavy (non-hydrogen) atoms. The molecule has 0 heterocycles. The Balaban J connectivity index is 2.34. The van der Waals surface area contributed by atoms with E-state index in [4.69, 9.17) is 5.53 Å². The van der Waals surface area contributed by atoms with Crippen molar-refractivity contribution < 1.29 is 15.0 Å². The van der Waals surface area contributed by atoms with Crippen molar-refractivity contribution in [1.82, 2.24) is 5.32 Å². The molecule has 0 atom stereocenters. The Morgan fingerprint density at radius 3 is 2.32 bits per heavy atom. The Labute approximate surface area is 216 Å². The number of allylic oxidation sites excluding steroid dienone is 1. The highest BCUT2D eigenvalue weighted by molar-refractivity contribution is 6.03. The Hall–Kier alpha value is -5.96. The second kappa shape index (κ2) is 14.4. The first kappa shape index (κ1) is 28.3. The topological polar surface area (TPSA) is 217 Å². The summed E-state index contributed by atoms with van der Waals surface area (Å²) in [4.78, 5) is 12.6. The number of aryl methyl sites for hydroxylation is 1. The van der Waals surface area contributed by atoms with E-state index in [1.165, 1.54) is 13.1 Å². The van der Waals surface area contributed by atoms with Gasteiger partial charge in [0.15, 0.2) is 0 Å². The average molecular weight is 512 g/mol. The summed E-state index contributed by atoms with van der Waals surface area (Å²) in [7, 11) is 1.41. The van der Waals surface area contributed by atoms with Gasteiger partial charge in [0, 0.05) is 12.6 Å². The molecule has 0 fully saturated rings. The lowest BCUT2D eigenvalue weighted by molar-refractivity contribution is 0.0960. The molecule has 4 N–H and O–H groups in total. The first-order valence-corrected chi connectivity index (χ1v) is 10.4. The van der Waals surface area contributed by atoms with Crippen molar-refractivity contribution in [2.24, 2.45) is 52.1 Å². The highest BCUT2D eigenvalue weighted by Crippen LogP contribution is 2.44. The molecule has 0 bridgehead atoms. The van der Waals surface area contributed by atoms with Crippen LogP contribution >= 0.6 is 0 Å². The fourth-order valence-electron chi connectivity index (χ4n) is 2.98. The fourth-order valence-corrected chi connectivity index (χ4v) is 2.98. The maximum atomic E-state index is 12.6. The first-order valence-electron chi connectivity index (χ1n) is 10.4. The highest BCUT2D eigenvalue weighted by Gasteiger charge is 2.24. The van der Waals surface area contributed by atoms with Crippen LogP contribution in [0, 0.1) is 36.1 Å². The van der Waals surface area contributed by atoms with Gasteiger partial charge in [0.05, 0.1) is 11.1 Å². The third-order valence-corrected chi connectivity index (χ3v) is 4.47. The van der Waals surface area contributed by atoms with Crippen LogP contribution in [-0.4, -0.2) is 29.4 Å². The van der Waals surface area contributed by atoms with Gasteiger partial charge in [0.25, 0.3) is 5.91 Å². The first-order chi connectivity index (χ1) is 18.3. The van der Waals surface area contributed by atoms with E-state index in [0.29, 0.717) is 11.1 Å². The summed E-state index contributed by atoms with van der Waals surface area (Å²) in [6, 6.07) is 6.79. The molecule has 190 valence electrons. The maximum Gasteiger partial charge on any atom is 0.256 e. The van der Waals surface area contributed by atoms with Crippen LogP contribution in [0.4, 0.5) is 0 Å². The van der Waals surface area contributed by atoms with E-state index in [2.05, 4.69) is 87.7 Å². The van der Waals surface area contributed by atoms with Crippen LogP contribution in [-0.2, 0) is 0 Å². The van der Waals surface area contributed by atoms with Crippen molar-refractivity contribution in [2.45, 2.75) is 13.8 Å². The molecule has 0 unspecified atom stereocenters. The zero-order valence-corrected chi connectivity index (χ0v) is 20.4. The molecule has 2 aromatic carbocycles. The Morgan fingerprint density at radius 1 is 1.03 bits per heavy atom. The highest BCUT2D eigenvalue weighted by atomic mass is 16.3. The van der Waals surface area contributed by atoms with Gasteiger partial charge < -0.3 is 15.5 Å². The molecule has 0 aliphatic rings. The van der Waals surface area contributed by atoms with E-state index in [9.17, 15) is 15.0 Å². The minimum absolute atomic E-state index is 0.0593. The minimum Gasteiger partial charge on any atom is -0.507 e. The second-order valence-corrected chi connectivity index (χ2v) is 7.03. The molecular formula is C23H20N12O3. The predicted molar refractivity (Wildman–Crippen MR) is 136 cm³/mol. The third kappa shape index (κ3) is 7.79. The number of aromatic hydroxyl groups is 2. The van der Waals surface area contributed by atoms with Gasteiger partial charge in [-0.25, -0.2) is 0 Å². The standard InChI is InChI=1S/C23H20N12O3/c1-14(2)17-10-9-15(3)12-18(17)21-19(36)13-16(20(22(21)37)23(38)25-4)8-6-5-7-11-26-28-30-32-34-35-33-31-29-27-24/h9-13,24,36-37H,1H2,2-4H3,(H,25,38)/b26-11+,27-24?,30-28+,31-29+,34-32+,35-33+. The smallest absolute Gasteiger partial charge is 0.256 e. The molecule has 0 radical (unpaired) electrons. The van der Waals surface area contributed by atoms with Gasteiger partial charge in [-0.2, -0.15) is 5.53 Å². The zero-order valence-electron chi connectivity index (χ0n) is 20.4. The number of amides is 1. The summed E-state index contributed by atoms with van der Waals surface area (Å²) in [5, 5.41) is 54.7. The van der Waals surface area contributed by atoms with Crippen LogP contribution in [0.15, 0.2) is 83.0 Å². The van der Waals surface area contributed by atoms with Gasteiger partial charge in [0.2, 0.25) is 0 Å². The molecule has 15 nitrogen and oxygen atoms in total. The molecule has 0 aliphatic carbocycles. The van der Waals surface area contributed by atoms with Crippen LogP contribution < -0.4 is 5.32 Å². The van der Waals surface area contributed by atoms with Crippen molar-refractivity contribution in [2.75, 3.05) is 7.05 Å². The van der Waals surface area contributed by atoms with Gasteiger partial charge in [-0.15, -0.1) is 5.10 Å². The van der Waals surface area contributed by atoms with Crippen molar-refractivity contribution in [3.63, 3.8) is 0 Å². The van der Waals surface area contributed by atoms with Gasteiger partial charge >= 0.3 is 0 Å². The van der Waals surface area contributed by atoms with E-state index in [1.807, 2.05) is 19.1 Å². The number of hydrogen-bond acceptors (Lipinski definition) is 5. The molecule has 1 amide bonds. The number of phenols is 2. The van der Waals surface area contributed by atoms with Crippen molar-refractivity contribution in [3.05, 3.63) is 53.1 Å². The lowest BCUT2D eigenvalue weighted by Crippen LogP contribution is -2.19. The number of rotatable bonds is 8. The summed E-state index contributed by atoms with van der Waals surface area (Å²) in [5.41, 5.74) is 9.18. The summed E-state index contributed by atoms with van der Waals surface area (Å²) < 4.78 is 0. The molecule has 2 rings (SSSR count). The average Bonchev–Trinajstić information content (AvgIpc) is 2.88. The largest absolute Gasteiger partial charge is 0.507 e. The molecule has 0 spiro atoms. The number of phenolic OH excluding ortho intramolecular Hbond substituents is 2. The number of nitrogens with zero attached hydrogens (tertiary/aromatic N) is 10. The van der Waals surface area contributed by atoms with Gasteiger partial charge in [-0.05, 0) is 95.8 Å². The lowest BCUT2D eigenvalue weighted by atomic mass is 9.90. The summed E-state index contributed by atoms with van der Waals surface area (Å²) in [6.07, 6.45) is 1.06. The van der Waals surface area contributed by atoms with Crippen LogP contribution in [0.3, 0.4) is 0 Å². The third-order valence-electron chi connectivity index (χ3n) is 4.47. The molecule has 15 heteroatoms. The second-order valence-electron chi connectivity index (χ2n) is 7.03. The SMILES string of the molecule is C=C(C)c1ccc(C)cc1-c1c(O)cc(C#CC#C/C=N/N=N/N=N/N=N/N=N/N=N)c(C(=O)NC)c1O. The monoisotopic (exact) mass is 512 g/mol. The van der Waals surface area contributed by atoms with E-state index in [-0.39, 0.29) is 22.4 Å². The molecule has 0 aliphatic heterocycles. The van der Waals surface area contributed by atoms with Gasteiger partial charge in [-0.3, -0.25) is 4.79 Å². The minimum atomic E-state index is -0.601. The van der Waals surface area contributed by atoms with Crippen LogP contribution in [0.1, 0.15) is 34.0 Å². The van der Waals surface area contributed by atoms with E-state index < -0.39 is 11.7 Å². The summed E-state index contributed by atoms with van der Waals surface area (Å²) in [6.45, 7) is 7.63. The molecule has 0 aromatic heterocycles. The molecular weight excluding hydrogens is 492 g/mol. The van der Waals surface area contributed by atoms with E-state index in [1.54, 1.807) is 13.0 Å². The number of carbonyl (C=O) groups is 1. The molecule has 0 saturated heterocycles. The number of nitrogens with one attached hydrogen (secondary N) is 2. The Kier molecular flexibility index (Phi) is 10.7. The molecule has 2 aromatic rings. The van der Waals surface area contributed by atoms with Crippen molar-refractivity contribution in [1.29, 1.82) is 5.53 Å². The van der Waals surface area contributed by atoms with Crippen LogP contribution in [0.2, 0.25) is 0 Å². The van der Waals surface area contributed by atoms with E-state index in [0.717, 1.165) is 17.4 Å². The van der Waals surface area contributed by atoms with Crippen LogP contribution in [0.25, 0.3) is 16.7 Å². The normalized spacial score (nSPS) is 11.1. The van der Waals surface area contributed by atoms with Gasteiger partial charge in [0.1, 0.15) is 17.7 Å². The van der Waals surface area contributed by atoms with Crippen molar-refractivity contribution >= 4 is 17.7 Å². The van der Waals surface area contributed by atoms with Crippen LogP contribution in [0.5, 0.6) is 11.5 Å². The fraction of sp³-hybridized carbons (Fsp3) is 0.130. The molecule has 0 saturated carbocycles. The number of benzene rings is 2. The lowest BCUT2D eigenvalue weighted by Gasteiger charge is -2.17. The predicted octanol–water partition coefficient (Wildman–Crippen LogP) is 5.31. The summed E-state index contributed by atoms with van der Waals surface area (Å²) in [5.74, 6) is 8.78. The Bertz CT molecular complexity index is 1520. The van der Waals surface area contributed by atoms with Gasteiger partial charge in [-0.1, -0.05) is 41.8 Å². The summed E-state index contributed by atoms with van der Waals surface area (Å²) >= 11 is 0. The number of carbonyl (C=O) groups excluding carboxylic acids is 1. The van der Waals surface area contributed by atoms with Crippen molar-refractivity contribution in [3.8, 4) is 46.3 Å². The maximum absolute atomic E-state index is 12.6.